The van der Waals surface area contributed by atoms with E-state index in [9.17, 15) is 4.79 Å². The Balaban J connectivity index is 1.26. The Morgan fingerprint density at radius 2 is 2.07 bits per heavy atom. The third-order valence-corrected chi connectivity index (χ3v) is 4.93. The van der Waals surface area contributed by atoms with Crippen LogP contribution in [0.3, 0.4) is 0 Å². The lowest BCUT2D eigenvalue weighted by Crippen LogP contribution is -2.26. The topological polar surface area (TPSA) is 80.9 Å². The average molecular weight is 378 g/mol. The highest BCUT2D eigenvalue weighted by atomic mass is 32.1. The molecule has 0 aliphatic heterocycles. The van der Waals surface area contributed by atoms with Gasteiger partial charge in [0.25, 0.3) is 0 Å². The first kappa shape index (κ1) is 17.4. The van der Waals surface area contributed by atoms with E-state index < -0.39 is 0 Å². The summed E-state index contributed by atoms with van der Waals surface area (Å²) in [5, 5.41) is 11.9. The molecule has 1 N–H and O–H groups in total. The zero-order valence-corrected chi connectivity index (χ0v) is 15.4. The molecule has 0 aliphatic rings. The van der Waals surface area contributed by atoms with Crippen LogP contribution in [0.4, 0.5) is 0 Å². The van der Waals surface area contributed by atoms with E-state index in [-0.39, 0.29) is 5.91 Å². The van der Waals surface area contributed by atoms with Crippen LogP contribution in [0.5, 0.6) is 0 Å². The largest absolute Gasteiger partial charge is 0.356 e. The molecule has 4 rings (SSSR count). The normalized spacial score (nSPS) is 11.0. The van der Waals surface area contributed by atoms with Crippen molar-refractivity contribution in [3.63, 3.8) is 0 Å². The highest BCUT2D eigenvalue weighted by Crippen LogP contribution is 2.19. The molecule has 0 saturated carbocycles. The van der Waals surface area contributed by atoms with Crippen LogP contribution in [0, 0.1) is 0 Å². The van der Waals surface area contributed by atoms with Crippen molar-refractivity contribution in [3.8, 4) is 11.4 Å². The van der Waals surface area contributed by atoms with E-state index in [4.69, 9.17) is 4.52 Å². The minimum atomic E-state index is -0.0292. The SMILES string of the molecule is O=C(CCc1nc(-c2ccsc2)no1)NCCc1cccc2cccnc12. The van der Waals surface area contributed by atoms with Crippen molar-refractivity contribution in [1.82, 2.24) is 20.4 Å². The van der Waals surface area contributed by atoms with Crippen LogP contribution in [0.2, 0.25) is 0 Å². The first-order chi connectivity index (χ1) is 13.3. The highest BCUT2D eigenvalue weighted by molar-refractivity contribution is 7.08. The number of nitrogens with zero attached hydrogens (tertiary/aromatic N) is 3. The Kier molecular flexibility index (Phi) is 5.20. The number of benzene rings is 1. The van der Waals surface area contributed by atoms with E-state index in [0.717, 1.165) is 28.5 Å². The molecule has 0 radical (unpaired) electrons. The molecule has 6 nitrogen and oxygen atoms in total. The van der Waals surface area contributed by atoms with E-state index in [1.807, 2.05) is 47.2 Å². The Bertz CT molecular complexity index is 1040. The summed E-state index contributed by atoms with van der Waals surface area (Å²) in [7, 11) is 0. The molecule has 1 aromatic carbocycles. The van der Waals surface area contributed by atoms with Gasteiger partial charge in [-0.3, -0.25) is 9.78 Å². The van der Waals surface area contributed by atoms with Crippen LogP contribution >= 0.6 is 11.3 Å². The maximum Gasteiger partial charge on any atom is 0.227 e. The zero-order chi connectivity index (χ0) is 18.5. The van der Waals surface area contributed by atoms with E-state index in [1.54, 1.807) is 17.5 Å². The second-order valence-electron chi connectivity index (χ2n) is 6.12. The van der Waals surface area contributed by atoms with Crippen LogP contribution in [-0.4, -0.2) is 27.6 Å². The summed E-state index contributed by atoms with van der Waals surface area (Å²) in [5.74, 6) is 1.01. The molecule has 0 spiro atoms. The van der Waals surface area contributed by atoms with Gasteiger partial charge >= 0.3 is 0 Å². The molecule has 0 bridgehead atoms. The van der Waals surface area contributed by atoms with Crippen LogP contribution in [0.15, 0.2) is 57.9 Å². The maximum atomic E-state index is 12.1. The molecular formula is C20H18N4O2S. The monoisotopic (exact) mass is 378 g/mol. The number of para-hydroxylation sites is 1. The van der Waals surface area contributed by atoms with Gasteiger partial charge < -0.3 is 9.84 Å². The fourth-order valence-electron chi connectivity index (χ4n) is 2.88. The zero-order valence-electron chi connectivity index (χ0n) is 14.6. The lowest BCUT2D eigenvalue weighted by Gasteiger charge is -2.07. The lowest BCUT2D eigenvalue weighted by atomic mass is 10.1. The standard InChI is InChI=1S/C20H18N4O2S/c25-17(6-7-18-23-20(24-26-18)16-9-12-27-13-16)21-11-8-15-4-1-3-14-5-2-10-22-19(14)15/h1-5,9-10,12-13H,6-8,11H2,(H,21,25). The number of hydrogen-bond donors (Lipinski definition) is 1. The number of aryl methyl sites for hydroxylation is 1. The first-order valence-corrected chi connectivity index (χ1v) is 9.68. The smallest absolute Gasteiger partial charge is 0.227 e. The third kappa shape index (κ3) is 4.20. The number of carbonyl (C=O) groups is 1. The van der Waals surface area contributed by atoms with E-state index >= 15 is 0 Å². The molecule has 0 saturated heterocycles. The highest BCUT2D eigenvalue weighted by Gasteiger charge is 2.11. The van der Waals surface area contributed by atoms with Crippen LogP contribution < -0.4 is 5.32 Å². The molecule has 0 atom stereocenters. The fourth-order valence-corrected chi connectivity index (χ4v) is 3.51. The van der Waals surface area contributed by atoms with E-state index in [0.29, 0.717) is 31.1 Å². The van der Waals surface area contributed by atoms with Crippen molar-refractivity contribution in [2.75, 3.05) is 6.54 Å². The van der Waals surface area contributed by atoms with Gasteiger partial charge in [0.05, 0.1) is 5.52 Å². The second kappa shape index (κ2) is 8.09. The van der Waals surface area contributed by atoms with E-state index in [2.05, 4.69) is 20.4 Å². The summed E-state index contributed by atoms with van der Waals surface area (Å²) in [6.45, 7) is 0.568. The predicted octanol–water partition coefficient (Wildman–Crippen LogP) is 3.64. The number of hydrogen-bond acceptors (Lipinski definition) is 6. The van der Waals surface area contributed by atoms with Crippen molar-refractivity contribution in [2.24, 2.45) is 0 Å². The van der Waals surface area contributed by atoms with Gasteiger partial charge in [-0.1, -0.05) is 29.4 Å². The number of nitrogens with one attached hydrogen (secondary N) is 1. The van der Waals surface area contributed by atoms with Crippen LogP contribution in [-0.2, 0) is 17.6 Å². The number of rotatable bonds is 7. The number of pyridine rings is 1. The summed E-state index contributed by atoms with van der Waals surface area (Å²) >= 11 is 1.58. The Morgan fingerprint density at radius 3 is 2.96 bits per heavy atom. The number of amides is 1. The minimum Gasteiger partial charge on any atom is -0.356 e. The summed E-state index contributed by atoms with van der Waals surface area (Å²) in [5.41, 5.74) is 3.05. The van der Waals surface area contributed by atoms with Gasteiger partial charge in [-0.25, -0.2) is 0 Å². The van der Waals surface area contributed by atoms with Gasteiger partial charge in [-0.2, -0.15) is 16.3 Å². The van der Waals surface area contributed by atoms with Crippen molar-refractivity contribution in [3.05, 3.63) is 64.8 Å². The molecule has 27 heavy (non-hydrogen) atoms. The molecule has 0 fully saturated rings. The molecule has 4 aromatic rings. The number of carbonyl (C=O) groups excluding carboxylic acids is 1. The fraction of sp³-hybridized carbons (Fsp3) is 0.200. The molecule has 3 heterocycles. The van der Waals surface area contributed by atoms with Crippen molar-refractivity contribution < 1.29 is 9.32 Å². The molecule has 0 aliphatic carbocycles. The van der Waals surface area contributed by atoms with Gasteiger partial charge in [-0.05, 0) is 29.5 Å². The minimum absolute atomic E-state index is 0.0292. The Labute approximate surface area is 160 Å². The predicted molar refractivity (Wildman–Crippen MR) is 104 cm³/mol. The second-order valence-corrected chi connectivity index (χ2v) is 6.90. The first-order valence-electron chi connectivity index (χ1n) is 8.74. The summed E-state index contributed by atoms with van der Waals surface area (Å²) < 4.78 is 5.22. The van der Waals surface area contributed by atoms with Crippen molar-refractivity contribution in [2.45, 2.75) is 19.3 Å². The van der Waals surface area contributed by atoms with Gasteiger partial charge in [0.1, 0.15) is 0 Å². The summed E-state index contributed by atoms with van der Waals surface area (Å²) in [6, 6.07) is 12.0. The van der Waals surface area contributed by atoms with Gasteiger partial charge in [0.15, 0.2) is 0 Å². The Morgan fingerprint density at radius 1 is 1.15 bits per heavy atom. The van der Waals surface area contributed by atoms with E-state index in [1.165, 1.54) is 0 Å². The number of fused-ring (bicyclic) bond motifs is 1. The average Bonchev–Trinajstić information content (AvgIpc) is 3.38. The summed E-state index contributed by atoms with van der Waals surface area (Å²) in [6.07, 6.45) is 3.28. The molecule has 136 valence electrons. The molecule has 1 amide bonds. The maximum absolute atomic E-state index is 12.1. The van der Waals surface area contributed by atoms with Crippen LogP contribution in [0.1, 0.15) is 17.9 Å². The molecule has 0 unspecified atom stereocenters. The summed E-state index contributed by atoms with van der Waals surface area (Å²) in [4.78, 5) is 20.9. The van der Waals surface area contributed by atoms with Gasteiger partial charge in [0, 0.05) is 41.9 Å². The van der Waals surface area contributed by atoms with Gasteiger partial charge in [0.2, 0.25) is 17.6 Å². The van der Waals surface area contributed by atoms with Gasteiger partial charge in [-0.15, -0.1) is 0 Å². The lowest BCUT2D eigenvalue weighted by molar-refractivity contribution is -0.121. The molecular weight excluding hydrogens is 360 g/mol. The van der Waals surface area contributed by atoms with Crippen molar-refractivity contribution >= 4 is 28.1 Å². The Hall–Kier alpha value is -3.06. The van der Waals surface area contributed by atoms with Crippen molar-refractivity contribution in [1.29, 1.82) is 0 Å². The molecule has 7 heteroatoms. The third-order valence-electron chi connectivity index (χ3n) is 4.25. The molecule has 3 aromatic heterocycles. The number of aromatic nitrogens is 3. The number of thiophene rings is 1. The van der Waals surface area contributed by atoms with Crippen LogP contribution in [0.25, 0.3) is 22.3 Å². The quantitative estimate of drug-likeness (QED) is 0.531.